The summed E-state index contributed by atoms with van der Waals surface area (Å²) in [6.07, 6.45) is -0.635. The molecule has 0 aromatic heterocycles. The van der Waals surface area contributed by atoms with Gasteiger partial charge in [-0.05, 0) is 0 Å². The van der Waals surface area contributed by atoms with Gasteiger partial charge in [-0.3, -0.25) is 0 Å². The fourth-order valence-corrected chi connectivity index (χ4v) is 1.77. The zero-order valence-corrected chi connectivity index (χ0v) is 10.6. The predicted molar refractivity (Wildman–Crippen MR) is 60.2 cm³/mol. The molecule has 0 saturated heterocycles. The van der Waals surface area contributed by atoms with Crippen molar-refractivity contribution in [1.82, 2.24) is 0 Å². The van der Waals surface area contributed by atoms with E-state index in [1.807, 2.05) is 32.3 Å². The lowest BCUT2D eigenvalue weighted by Crippen LogP contribution is -3.00. The highest BCUT2D eigenvalue weighted by molar-refractivity contribution is 5.13. The molecule has 0 heterocycles. The van der Waals surface area contributed by atoms with Crippen LogP contribution in [0.2, 0.25) is 0 Å². The molecule has 1 aromatic rings. The highest BCUT2D eigenvalue weighted by Crippen LogP contribution is 2.09. The molecule has 0 aliphatic rings. The fourth-order valence-electron chi connectivity index (χ4n) is 1.77. The van der Waals surface area contributed by atoms with E-state index in [2.05, 4.69) is 12.1 Å². The van der Waals surface area contributed by atoms with Gasteiger partial charge in [0.1, 0.15) is 19.2 Å². The Balaban J connectivity index is 0.00000225. The van der Waals surface area contributed by atoms with E-state index in [0.717, 1.165) is 6.54 Å². The number of hydrogen-bond donors (Lipinski definition) is 2. The van der Waals surface area contributed by atoms with Crippen molar-refractivity contribution in [2.75, 3.05) is 27.2 Å². The van der Waals surface area contributed by atoms with Crippen LogP contribution in [0.25, 0.3) is 0 Å². The summed E-state index contributed by atoms with van der Waals surface area (Å²) in [5.74, 6) is 0. The molecule has 0 aliphatic heterocycles. The van der Waals surface area contributed by atoms with Crippen LogP contribution in [0, 0.1) is 0 Å². The summed E-state index contributed by atoms with van der Waals surface area (Å²) in [6, 6.07) is 10.2. The Bertz CT molecular complexity index is 290. The topological polar surface area (TPSA) is 40.5 Å². The van der Waals surface area contributed by atoms with Crippen LogP contribution >= 0.6 is 0 Å². The van der Waals surface area contributed by atoms with Crippen LogP contribution in [0.3, 0.4) is 0 Å². The summed E-state index contributed by atoms with van der Waals surface area (Å²) >= 11 is 0. The Hall–Kier alpha value is -0.610. The second kappa shape index (κ2) is 6.86. The lowest BCUT2D eigenvalue weighted by Gasteiger charge is -2.31. The lowest BCUT2D eigenvalue weighted by molar-refractivity contribution is -0.906. The molecule has 16 heavy (non-hydrogen) atoms. The number of aliphatic hydroxyl groups is 2. The van der Waals surface area contributed by atoms with Gasteiger partial charge in [0.25, 0.3) is 0 Å². The van der Waals surface area contributed by atoms with Crippen molar-refractivity contribution in [3.63, 3.8) is 0 Å². The smallest absolute Gasteiger partial charge is 0.126 e. The number of hydrogen-bond acceptors (Lipinski definition) is 2. The Morgan fingerprint density at radius 1 is 1.19 bits per heavy atom. The van der Waals surface area contributed by atoms with Crippen LogP contribution in [0.15, 0.2) is 30.3 Å². The number of quaternary nitrogens is 1. The van der Waals surface area contributed by atoms with Crippen LogP contribution in [0.5, 0.6) is 0 Å². The van der Waals surface area contributed by atoms with Gasteiger partial charge in [0.15, 0.2) is 0 Å². The molecule has 0 bridgehead atoms. The average Bonchev–Trinajstić information content (AvgIpc) is 2.17. The normalized spacial score (nSPS) is 13.0. The number of likely N-dealkylation sites (N-methyl/N-ethyl adjacent to an activating group) is 1. The molecule has 0 radical (unpaired) electrons. The van der Waals surface area contributed by atoms with Gasteiger partial charge in [0.2, 0.25) is 0 Å². The van der Waals surface area contributed by atoms with E-state index >= 15 is 0 Å². The molecule has 0 amide bonds. The second-order valence-corrected chi connectivity index (χ2v) is 4.60. The molecular weight excluding hydrogens is 226 g/mol. The number of aliphatic hydroxyl groups excluding tert-OH is 2. The first-order valence-electron chi connectivity index (χ1n) is 5.18. The zero-order chi connectivity index (χ0) is 11.3. The summed E-state index contributed by atoms with van der Waals surface area (Å²) in [5, 5.41) is 18.2. The minimum absolute atomic E-state index is 0. The molecule has 0 spiro atoms. The van der Waals surface area contributed by atoms with Crippen molar-refractivity contribution in [2.45, 2.75) is 12.6 Å². The largest absolute Gasteiger partial charge is 1.00 e. The van der Waals surface area contributed by atoms with E-state index in [1.165, 1.54) is 5.56 Å². The Labute approximate surface area is 103 Å². The van der Waals surface area contributed by atoms with Gasteiger partial charge in [-0.1, -0.05) is 30.3 Å². The van der Waals surface area contributed by atoms with Gasteiger partial charge in [0.05, 0.1) is 20.7 Å². The summed E-state index contributed by atoms with van der Waals surface area (Å²) in [7, 11) is 4.10. The maximum atomic E-state index is 9.41. The van der Waals surface area contributed by atoms with Crippen molar-refractivity contribution < 1.29 is 27.1 Å². The number of rotatable bonds is 5. The zero-order valence-electron chi connectivity index (χ0n) is 9.81. The Morgan fingerprint density at radius 2 is 1.75 bits per heavy atom. The third-order valence-corrected chi connectivity index (χ3v) is 2.37. The third-order valence-electron chi connectivity index (χ3n) is 2.37. The molecule has 0 saturated carbocycles. The van der Waals surface area contributed by atoms with E-state index in [4.69, 9.17) is 5.11 Å². The maximum absolute atomic E-state index is 9.41. The standard InChI is InChI=1S/C12H20NO2.ClH/c1-13(2,9-12(15)10-14)8-11-6-4-3-5-7-11;/h3-7,12,14-15H,8-10H2,1-2H3;1H/q+1;/p-1. The van der Waals surface area contributed by atoms with Crippen molar-refractivity contribution in [3.8, 4) is 0 Å². The molecule has 1 atom stereocenters. The number of nitrogens with zero attached hydrogens (tertiary/aromatic N) is 1. The molecule has 2 N–H and O–H groups in total. The highest BCUT2D eigenvalue weighted by Gasteiger charge is 2.20. The van der Waals surface area contributed by atoms with Crippen LogP contribution in [0.4, 0.5) is 0 Å². The van der Waals surface area contributed by atoms with Crippen molar-refractivity contribution in [1.29, 1.82) is 0 Å². The minimum Gasteiger partial charge on any atom is -1.00 e. The third kappa shape index (κ3) is 5.47. The molecule has 3 nitrogen and oxygen atoms in total. The molecule has 4 heteroatoms. The van der Waals surface area contributed by atoms with E-state index in [-0.39, 0.29) is 19.0 Å². The molecule has 1 rings (SSSR count). The predicted octanol–water partition coefficient (Wildman–Crippen LogP) is -2.38. The summed E-state index contributed by atoms with van der Waals surface area (Å²) in [6.45, 7) is 1.25. The number of halogens is 1. The van der Waals surface area contributed by atoms with E-state index in [0.29, 0.717) is 11.0 Å². The molecular formula is C12H20ClNO2. The van der Waals surface area contributed by atoms with Crippen LogP contribution in [-0.4, -0.2) is 48.0 Å². The van der Waals surface area contributed by atoms with Gasteiger partial charge in [0, 0.05) is 5.56 Å². The molecule has 0 aliphatic carbocycles. The van der Waals surface area contributed by atoms with Crippen LogP contribution in [0.1, 0.15) is 5.56 Å². The highest BCUT2D eigenvalue weighted by atomic mass is 35.5. The van der Waals surface area contributed by atoms with Gasteiger partial charge in [-0.25, -0.2) is 0 Å². The van der Waals surface area contributed by atoms with E-state index < -0.39 is 6.10 Å². The minimum atomic E-state index is -0.635. The van der Waals surface area contributed by atoms with Crippen molar-refractivity contribution >= 4 is 0 Å². The molecule has 92 valence electrons. The van der Waals surface area contributed by atoms with Gasteiger partial charge in [-0.2, -0.15) is 0 Å². The molecule has 1 unspecified atom stereocenters. The van der Waals surface area contributed by atoms with E-state index in [9.17, 15) is 5.11 Å². The Kier molecular flexibility index (Phi) is 6.60. The SMILES string of the molecule is C[N+](C)(Cc1ccccc1)CC(O)CO.[Cl-]. The van der Waals surface area contributed by atoms with Gasteiger partial charge < -0.3 is 27.1 Å². The first-order valence-corrected chi connectivity index (χ1v) is 5.18. The maximum Gasteiger partial charge on any atom is 0.126 e. The summed E-state index contributed by atoms with van der Waals surface area (Å²) in [4.78, 5) is 0. The molecule has 1 aromatic carbocycles. The van der Waals surface area contributed by atoms with Crippen molar-refractivity contribution in [2.24, 2.45) is 0 Å². The monoisotopic (exact) mass is 245 g/mol. The fraction of sp³-hybridized carbons (Fsp3) is 0.500. The summed E-state index contributed by atoms with van der Waals surface area (Å²) < 4.78 is 0.672. The van der Waals surface area contributed by atoms with E-state index in [1.54, 1.807) is 0 Å². The second-order valence-electron chi connectivity index (χ2n) is 4.60. The molecule has 0 fully saturated rings. The lowest BCUT2D eigenvalue weighted by atomic mass is 10.2. The summed E-state index contributed by atoms with van der Waals surface area (Å²) in [5.41, 5.74) is 1.24. The van der Waals surface area contributed by atoms with Crippen LogP contribution < -0.4 is 12.4 Å². The van der Waals surface area contributed by atoms with Gasteiger partial charge in [-0.15, -0.1) is 0 Å². The Morgan fingerprint density at radius 3 is 2.25 bits per heavy atom. The first-order chi connectivity index (χ1) is 7.03. The quantitative estimate of drug-likeness (QED) is 0.569. The van der Waals surface area contributed by atoms with Gasteiger partial charge >= 0.3 is 0 Å². The average molecular weight is 246 g/mol. The van der Waals surface area contributed by atoms with Crippen molar-refractivity contribution in [3.05, 3.63) is 35.9 Å². The number of benzene rings is 1. The first kappa shape index (κ1) is 15.4. The van der Waals surface area contributed by atoms with Crippen LogP contribution in [-0.2, 0) is 6.54 Å².